The van der Waals surface area contributed by atoms with Crippen LogP contribution in [0.25, 0.3) is 11.4 Å². The van der Waals surface area contributed by atoms with Gasteiger partial charge in [0.1, 0.15) is 6.54 Å². The summed E-state index contributed by atoms with van der Waals surface area (Å²) >= 11 is 6.03. The van der Waals surface area contributed by atoms with Crippen molar-refractivity contribution in [2.45, 2.75) is 33.4 Å². The molecule has 3 rings (SSSR count). The van der Waals surface area contributed by atoms with E-state index in [2.05, 4.69) is 44.5 Å². The molecule has 0 spiro atoms. The number of aliphatic imine (C=N–C) groups is 1. The van der Waals surface area contributed by atoms with Gasteiger partial charge in [-0.3, -0.25) is 4.90 Å². The number of hydrogen-bond donors (Lipinski definition) is 2. The van der Waals surface area contributed by atoms with E-state index in [1.54, 1.807) is 6.07 Å². The van der Waals surface area contributed by atoms with Gasteiger partial charge in [-0.05, 0) is 25.0 Å². The van der Waals surface area contributed by atoms with E-state index in [4.69, 9.17) is 20.9 Å². The van der Waals surface area contributed by atoms with Crippen molar-refractivity contribution in [2.24, 2.45) is 10.9 Å². The van der Waals surface area contributed by atoms with Crippen molar-refractivity contribution in [1.29, 1.82) is 0 Å². The molecule has 1 saturated heterocycles. The molecule has 2 heterocycles. The molecule has 2 aromatic rings. The number of nitrogens with one attached hydrogen (secondary N) is 2. The number of morpholine rings is 1. The van der Waals surface area contributed by atoms with Crippen molar-refractivity contribution in [2.75, 3.05) is 39.3 Å². The Labute approximate surface area is 183 Å². The average Bonchev–Trinajstić information content (AvgIpc) is 3.19. The van der Waals surface area contributed by atoms with Gasteiger partial charge in [0.05, 0.1) is 12.7 Å². The predicted molar refractivity (Wildman–Crippen MR) is 119 cm³/mol. The molecule has 0 bridgehead atoms. The Hall–Kier alpha value is -2.16. The largest absolute Gasteiger partial charge is 0.374 e. The SMILES string of the molecule is CCNC(=NCc1nc(-c2cccc(Cl)c2)no1)NCC1CN(CC(C)C)CCO1. The van der Waals surface area contributed by atoms with Crippen molar-refractivity contribution < 1.29 is 9.26 Å². The molecule has 0 radical (unpaired) electrons. The fourth-order valence-corrected chi connectivity index (χ4v) is 3.54. The molecule has 0 saturated carbocycles. The minimum atomic E-state index is 0.138. The number of halogens is 1. The number of rotatable bonds is 8. The second-order valence-electron chi connectivity index (χ2n) is 7.74. The second kappa shape index (κ2) is 11.3. The van der Waals surface area contributed by atoms with Crippen molar-refractivity contribution in [3.63, 3.8) is 0 Å². The van der Waals surface area contributed by atoms with Gasteiger partial charge >= 0.3 is 0 Å². The Morgan fingerprint density at radius 3 is 3.00 bits per heavy atom. The minimum Gasteiger partial charge on any atom is -0.374 e. The third-order valence-electron chi connectivity index (χ3n) is 4.61. The molecular formula is C21H31ClN6O2. The van der Waals surface area contributed by atoms with Crippen molar-refractivity contribution in [3.05, 3.63) is 35.2 Å². The number of hydrogen-bond acceptors (Lipinski definition) is 6. The molecule has 1 aromatic carbocycles. The third kappa shape index (κ3) is 6.97. The van der Waals surface area contributed by atoms with E-state index in [0.29, 0.717) is 35.2 Å². The van der Waals surface area contributed by atoms with Gasteiger partial charge in [0.2, 0.25) is 11.7 Å². The summed E-state index contributed by atoms with van der Waals surface area (Å²) in [4.78, 5) is 11.4. The van der Waals surface area contributed by atoms with Gasteiger partial charge in [0, 0.05) is 43.3 Å². The van der Waals surface area contributed by atoms with Crippen LogP contribution in [0.4, 0.5) is 0 Å². The van der Waals surface area contributed by atoms with Crippen molar-refractivity contribution in [1.82, 2.24) is 25.7 Å². The number of ether oxygens (including phenoxy) is 1. The summed E-state index contributed by atoms with van der Waals surface area (Å²) < 4.78 is 11.2. The minimum absolute atomic E-state index is 0.138. The van der Waals surface area contributed by atoms with E-state index < -0.39 is 0 Å². The van der Waals surface area contributed by atoms with Crippen molar-refractivity contribution >= 4 is 17.6 Å². The molecule has 30 heavy (non-hydrogen) atoms. The summed E-state index contributed by atoms with van der Waals surface area (Å²) in [5.74, 6) is 2.30. The maximum atomic E-state index is 6.03. The molecule has 0 amide bonds. The number of guanidine groups is 1. The van der Waals surface area contributed by atoms with E-state index in [-0.39, 0.29) is 12.6 Å². The molecule has 0 aliphatic carbocycles. The fourth-order valence-electron chi connectivity index (χ4n) is 3.35. The maximum absolute atomic E-state index is 6.03. The van der Waals surface area contributed by atoms with Crippen LogP contribution in [0.3, 0.4) is 0 Å². The molecular weight excluding hydrogens is 404 g/mol. The van der Waals surface area contributed by atoms with E-state index >= 15 is 0 Å². The quantitative estimate of drug-likeness (QED) is 0.487. The average molecular weight is 435 g/mol. The monoisotopic (exact) mass is 434 g/mol. The van der Waals surface area contributed by atoms with Gasteiger partial charge in [0.25, 0.3) is 0 Å². The molecule has 1 unspecified atom stereocenters. The summed E-state index contributed by atoms with van der Waals surface area (Å²) in [5, 5.41) is 11.3. The number of aromatic nitrogens is 2. The highest BCUT2D eigenvalue weighted by Crippen LogP contribution is 2.20. The Kier molecular flexibility index (Phi) is 8.48. The Morgan fingerprint density at radius 2 is 2.23 bits per heavy atom. The summed E-state index contributed by atoms with van der Waals surface area (Å²) in [6.45, 7) is 12.0. The molecule has 2 N–H and O–H groups in total. The van der Waals surface area contributed by atoms with Crippen LogP contribution >= 0.6 is 11.6 Å². The zero-order valence-corrected chi connectivity index (χ0v) is 18.7. The van der Waals surface area contributed by atoms with E-state index in [0.717, 1.165) is 38.3 Å². The molecule has 1 atom stereocenters. The van der Waals surface area contributed by atoms with E-state index in [1.165, 1.54) is 0 Å². The fraction of sp³-hybridized carbons (Fsp3) is 0.571. The van der Waals surface area contributed by atoms with Gasteiger partial charge in [-0.2, -0.15) is 4.98 Å². The van der Waals surface area contributed by atoms with Crippen LogP contribution in [0, 0.1) is 5.92 Å². The van der Waals surface area contributed by atoms with Crippen LogP contribution in [0.5, 0.6) is 0 Å². The van der Waals surface area contributed by atoms with Crippen LogP contribution in [-0.4, -0.2) is 66.4 Å². The van der Waals surface area contributed by atoms with Gasteiger partial charge in [-0.25, -0.2) is 4.99 Å². The lowest BCUT2D eigenvalue weighted by Crippen LogP contribution is -2.50. The molecule has 8 nitrogen and oxygen atoms in total. The van der Waals surface area contributed by atoms with E-state index in [9.17, 15) is 0 Å². The first-order valence-electron chi connectivity index (χ1n) is 10.5. The van der Waals surface area contributed by atoms with Crippen molar-refractivity contribution in [3.8, 4) is 11.4 Å². The number of nitrogens with zero attached hydrogens (tertiary/aromatic N) is 4. The van der Waals surface area contributed by atoms with E-state index in [1.807, 2.05) is 25.1 Å². The zero-order valence-electron chi connectivity index (χ0n) is 17.9. The lowest BCUT2D eigenvalue weighted by molar-refractivity contribution is -0.0284. The Morgan fingerprint density at radius 1 is 1.37 bits per heavy atom. The molecule has 164 valence electrons. The first kappa shape index (κ1) is 22.5. The Balaban J connectivity index is 1.54. The van der Waals surface area contributed by atoms with Gasteiger partial charge in [0.15, 0.2) is 5.96 Å². The summed E-state index contributed by atoms with van der Waals surface area (Å²) in [6.07, 6.45) is 0.138. The van der Waals surface area contributed by atoms with Crippen LogP contribution in [-0.2, 0) is 11.3 Å². The molecule has 1 aliphatic heterocycles. The smallest absolute Gasteiger partial charge is 0.248 e. The standard InChI is InChI=1S/C21H31ClN6O2/c1-4-23-21(24-11-18-14-28(8-9-29-18)13-15(2)3)25-12-19-26-20(27-30-19)16-6-5-7-17(22)10-16/h5-7,10,15,18H,4,8-9,11-14H2,1-3H3,(H2,23,24,25). The first-order valence-corrected chi connectivity index (χ1v) is 10.9. The zero-order chi connectivity index (χ0) is 21.3. The highest BCUT2D eigenvalue weighted by molar-refractivity contribution is 6.30. The maximum Gasteiger partial charge on any atom is 0.248 e. The van der Waals surface area contributed by atoms with Crippen LogP contribution in [0.15, 0.2) is 33.8 Å². The Bertz CT molecular complexity index is 825. The summed E-state index contributed by atoms with van der Waals surface area (Å²) in [5.41, 5.74) is 0.812. The van der Waals surface area contributed by atoms with Gasteiger partial charge in [-0.1, -0.05) is 42.7 Å². The lowest BCUT2D eigenvalue weighted by Gasteiger charge is -2.34. The molecule has 9 heteroatoms. The molecule has 1 fully saturated rings. The number of benzene rings is 1. The topological polar surface area (TPSA) is 87.8 Å². The second-order valence-corrected chi connectivity index (χ2v) is 8.18. The predicted octanol–water partition coefficient (Wildman–Crippen LogP) is 2.80. The van der Waals surface area contributed by atoms with Gasteiger partial charge < -0.3 is 19.9 Å². The summed E-state index contributed by atoms with van der Waals surface area (Å²) in [7, 11) is 0. The third-order valence-corrected chi connectivity index (χ3v) is 4.85. The first-order chi connectivity index (χ1) is 14.5. The molecule has 1 aromatic heterocycles. The van der Waals surface area contributed by atoms with Crippen LogP contribution < -0.4 is 10.6 Å². The highest BCUT2D eigenvalue weighted by atomic mass is 35.5. The van der Waals surface area contributed by atoms with Gasteiger partial charge in [-0.15, -0.1) is 0 Å². The summed E-state index contributed by atoms with van der Waals surface area (Å²) in [6, 6.07) is 7.36. The highest BCUT2D eigenvalue weighted by Gasteiger charge is 2.21. The van der Waals surface area contributed by atoms with Crippen LogP contribution in [0.1, 0.15) is 26.7 Å². The normalized spacial score (nSPS) is 18.0. The van der Waals surface area contributed by atoms with Crippen LogP contribution in [0.2, 0.25) is 5.02 Å². The lowest BCUT2D eigenvalue weighted by atomic mass is 10.2. The molecule has 1 aliphatic rings.